The maximum absolute atomic E-state index is 5.99. The number of hydrogen-bond donors (Lipinski definition) is 0. The molecule has 3 nitrogen and oxygen atoms in total. The van der Waals surface area contributed by atoms with Crippen LogP contribution in [0.3, 0.4) is 0 Å². The fourth-order valence-corrected chi connectivity index (χ4v) is 2.54. The Morgan fingerprint density at radius 2 is 1.95 bits per heavy atom. The monoisotopic (exact) mass is 264 g/mol. The van der Waals surface area contributed by atoms with Gasteiger partial charge in [0.25, 0.3) is 0 Å². The van der Waals surface area contributed by atoms with E-state index in [4.69, 9.17) is 4.42 Å². The van der Waals surface area contributed by atoms with Crippen LogP contribution in [0.2, 0.25) is 0 Å². The van der Waals surface area contributed by atoms with Gasteiger partial charge in [0.1, 0.15) is 5.58 Å². The van der Waals surface area contributed by atoms with Crippen LogP contribution in [0.5, 0.6) is 0 Å². The summed E-state index contributed by atoms with van der Waals surface area (Å²) in [7, 11) is 1.76. The van der Waals surface area contributed by atoms with Gasteiger partial charge >= 0.3 is 0 Å². The van der Waals surface area contributed by atoms with Crippen LogP contribution in [0.1, 0.15) is 16.8 Å². The van der Waals surface area contributed by atoms with E-state index in [2.05, 4.69) is 41.7 Å². The molecular weight excluding hydrogens is 248 g/mol. The summed E-state index contributed by atoms with van der Waals surface area (Å²) in [6.07, 6.45) is 1.76. The van der Waals surface area contributed by atoms with Crippen molar-refractivity contribution >= 4 is 27.8 Å². The summed E-state index contributed by atoms with van der Waals surface area (Å²) in [5.41, 5.74) is 5.40. The summed E-state index contributed by atoms with van der Waals surface area (Å²) in [6, 6.07) is 8.22. The Hall–Kier alpha value is -2.42. The zero-order chi connectivity index (χ0) is 14.3. The third-order valence-corrected chi connectivity index (χ3v) is 3.54. The van der Waals surface area contributed by atoms with Crippen molar-refractivity contribution in [3.05, 3.63) is 53.7 Å². The Morgan fingerprint density at radius 3 is 2.65 bits per heavy atom. The smallest absolute Gasteiger partial charge is 0.227 e. The molecule has 0 saturated heterocycles. The van der Waals surface area contributed by atoms with E-state index in [-0.39, 0.29) is 0 Å². The highest BCUT2D eigenvalue weighted by Crippen LogP contribution is 2.32. The SMILES string of the molecule is C=CC(=NC)c1c(C)ccc2c1oc1nc(C)ccc12. The first-order valence-corrected chi connectivity index (χ1v) is 6.54. The zero-order valence-corrected chi connectivity index (χ0v) is 11.9. The molecule has 0 N–H and O–H groups in total. The number of allylic oxidation sites excluding steroid dienone is 1. The molecule has 0 radical (unpaired) electrons. The van der Waals surface area contributed by atoms with Crippen molar-refractivity contribution in [1.29, 1.82) is 0 Å². The minimum absolute atomic E-state index is 0.673. The molecule has 2 heterocycles. The van der Waals surface area contributed by atoms with Gasteiger partial charge in [-0.2, -0.15) is 0 Å². The first-order valence-electron chi connectivity index (χ1n) is 6.54. The highest BCUT2D eigenvalue weighted by atomic mass is 16.3. The van der Waals surface area contributed by atoms with Gasteiger partial charge in [-0.25, -0.2) is 4.98 Å². The molecule has 100 valence electrons. The van der Waals surface area contributed by atoms with Crippen molar-refractivity contribution in [2.24, 2.45) is 4.99 Å². The lowest BCUT2D eigenvalue weighted by molar-refractivity contribution is 0.651. The van der Waals surface area contributed by atoms with Crippen LogP contribution in [0, 0.1) is 13.8 Å². The van der Waals surface area contributed by atoms with Crippen molar-refractivity contribution in [2.45, 2.75) is 13.8 Å². The Balaban J connectivity index is 2.48. The molecule has 3 aromatic rings. The van der Waals surface area contributed by atoms with E-state index in [1.165, 1.54) is 0 Å². The van der Waals surface area contributed by atoms with Crippen molar-refractivity contribution in [1.82, 2.24) is 4.98 Å². The molecule has 0 saturated carbocycles. The number of aliphatic imine (C=N–C) groups is 1. The normalized spacial score (nSPS) is 12.2. The molecule has 0 bridgehead atoms. The molecule has 0 atom stereocenters. The van der Waals surface area contributed by atoms with Gasteiger partial charge in [-0.15, -0.1) is 0 Å². The molecule has 3 heteroatoms. The lowest BCUT2D eigenvalue weighted by Gasteiger charge is -2.05. The van der Waals surface area contributed by atoms with Crippen LogP contribution < -0.4 is 0 Å². The summed E-state index contributed by atoms with van der Waals surface area (Å²) >= 11 is 0. The molecule has 2 aromatic heterocycles. The largest absolute Gasteiger partial charge is 0.437 e. The molecule has 0 aliphatic rings. The van der Waals surface area contributed by atoms with Gasteiger partial charge < -0.3 is 4.42 Å². The highest BCUT2D eigenvalue weighted by Gasteiger charge is 2.16. The van der Waals surface area contributed by atoms with Crippen LogP contribution in [0.4, 0.5) is 0 Å². The molecular formula is C17H16N2O. The molecule has 3 rings (SSSR count). The second-order valence-corrected chi connectivity index (χ2v) is 4.85. The van der Waals surface area contributed by atoms with Gasteiger partial charge in [-0.3, -0.25) is 4.99 Å². The molecule has 1 aromatic carbocycles. The van der Waals surface area contributed by atoms with E-state index < -0.39 is 0 Å². The molecule has 0 fully saturated rings. The van der Waals surface area contributed by atoms with Gasteiger partial charge in [0.15, 0.2) is 0 Å². The number of hydrogen-bond acceptors (Lipinski definition) is 3. The fraction of sp³-hybridized carbons (Fsp3) is 0.176. The van der Waals surface area contributed by atoms with Crippen LogP contribution in [0.15, 0.2) is 46.3 Å². The number of nitrogens with zero attached hydrogens (tertiary/aromatic N) is 2. The molecule has 0 unspecified atom stereocenters. The van der Waals surface area contributed by atoms with Gasteiger partial charge in [-0.1, -0.05) is 18.7 Å². The van der Waals surface area contributed by atoms with Crippen molar-refractivity contribution < 1.29 is 4.42 Å². The number of fused-ring (bicyclic) bond motifs is 3. The number of benzene rings is 1. The average molecular weight is 264 g/mol. The van der Waals surface area contributed by atoms with Crippen LogP contribution >= 0.6 is 0 Å². The number of pyridine rings is 1. The second-order valence-electron chi connectivity index (χ2n) is 4.85. The Morgan fingerprint density at radius 1 is 1.20 bits per heavy atom. The van der Waals surface area contributed by atoms with Crippen molar-refractivity contribution in [2.75, 3.05) is 7.05 Å². The van der Waals surface area contributed by atoms with Gasteiger partial charge in [-0.05, 0) is 37.6 Å². The van der Waals surface area contributed by atoms with E-state index in [1.807, 2.05) is 13.0 Å². The number of aromatic nitrogens is 1. The number of aryl methyl sites for hydroxylation is 2. The van der Waals surface area contributed by atoms with Crippen LogP contribution in [-0.2, 0) is 0 Å². The molecule has 0 spiro atoms. The fourth-order valence-electron chi connectivity index (χ4n) is 2.54. The van der Waals surface area contributed by atoms with Gasteiger partial charge in [0.2, 0.25) is 5.71 Å². The maximum atomic E-state index is 5.99. The summed E-state index contributed by atoms with van der Waals surface area (Å²) < 4.78 is 5.99. The third-order valence-electron chi connectivity index (χ3n) is 3.54. The molecule has 20 heavy (non-hydrogen) atoms. The highest BCUT2D eigenvalue weighted by molar-refractivity contribution is 6.19. The summed E-state index contributed by atoms with van der Waals surface area (Å²) in [4.78, 5) is 8.76. The molecule has 0 aliphatic heterocycles. The minimum atomic E-state index is 0.673. The first kappa shape index (κ1) is 12.6. The number of furan rings is 1. The van der Waals surface area contributed by atoms with Gasteiger partial charge in [0, 0.05) is 29.1 Å². The molecule has 0 aliphatic carbocycles. The summed E-state index contributed by atoms with van der Waals surface area (Å²) in [5, 5.41) is 2.10. The Labute approximate surface area is 117 Å². The second kappa shape index (κ2) is 4.60. The van der Waals surface area contributed by atoms with E-state index in [0.717, 1.165) is 38.9 Å². The van der Waals surface area contributed by atoms with E-state index >= 15 is 0 Å². The summed E-state index contributed by atoms with van der Waals surface area (Å²) in [6.45, 7) is 7.85. The summed E-state index contributed by atoms with van der Waals surface area (Å²) in [5.74, 6) is 0. The van der Waals surface area contributed by atoms with Crippen LogP contribution in [-0.4, -0.2) is 17.7 Å². The number of rotatable bonds is 2. The lowest BCUT2D eigenvalue weighted by atomic mass is 10.0. The van der Waals surface area contributed by atoms with Crippen LogP contribution in [0.25, 0.3) is 22.1 Å². The predicted octanol–water partition coefficient (Wildman–Crippen LogP) is 4.20. The topological polar surface area (TPSA) is 38.4 Å². The quantitative estimate of drug-likeness (QED) is 0.650. The van der Waals surface area contributed by atoms with E-state index in [0.29, 0.717) is 5.71 Å². The minimum Gasteiger partial charge on any atom is -0.437 e. The van der Waals surface area contributed by atoms with Gasteiger partial charge in [0.05, 0.1) is 5.71 Å². The standard InChI is InChI=1S/C17H16N2O/c1-5-14(18-4)15-10(2)6-8-12-13-9-7-11(3)19-17(13)20-16(12)15/h5-9H,1H2,2-4H3. The lowest BCUT2D eigenvalue weighted by Crippen LogP contribution is -1.99. The zero-order valence-electron chi connectivity index (χ0n) is 11.9. The Bertz CT molecular complexity index is 856. The Kier molecular flexibility index (Phi) is 2.90. The maximum Gasteiger partial charge on any atom is 0.227 e. The third kappa shape index (κ3) is 1.74. The average Bonchev–Trinajstić information content (AvgIpc) is 2.79. The van der Waals surface area contributed by atoms with Crippen molar-refractivity contribution in [3.63, 3.8) is 0 Å². The van der Waals surface area contributed by atoms with E-state index in [9.17, 15) is 0 Å². The van der Waals surface area contributed by atoms with Crippen molar-refractivity contribution in [3.8, 4) is 0 Å². The molecule has 0 amide bonds. The predicted molar refractivity (Wildman–Crippen MR) is 83.6 cm³/mol. The van der Waals surface area contributed by atoms with E-state index in [1.54, 1.807) is 13.1 Å². The first-order chi connectivity index (χ1) is 9.65.